The van der Waals surface area contributed by atoms with Crippen LogP contribution in [0.15, 0.2) is 59.5 Å². The minimum Gasteiger partial charge on any atom is -0.207 e. The lowest BCUT2D eigenvalue weighted by atomic mass is 9.74. The molecule has 4 nitrogen and oxygen atoms in total. The molecule has 0 aromatic heterocycles. The Balaban J connectivity index is 1.83. The Hall–Kier alpha value is -2.16. The third-order valence-corrected chi connectivity index (χ3v) is 6.64. The highest BCUT2D eigenvalue weighted by Gasteiger charge is 2.39. The zero-order chi connectivity index (χ0) is 17.2. The van der Waals surface area contributed by atoms with Crippen LogP contribution in [0.5, 0.6) is 0 Å². The molecule has 24 heavy (non-hydrogen) atoms. The molecule has 0 amide bonds. The molecule has 0 radical (unpaired) electrons. The van der Waals surface area contributed by atoms with Gasteiger partial charge in [-0.25, -0.2) is 8.42 Å². The van der Waals surface area contributed by atoms with Crippen molar-refractivity contribution < 1.29 is 8.42 Å². The highest BCUT2D eigenvalue weighted by Crippen LogP contribution is 2.36. The van der Waals surface area contributed by atoms with Gasteiger partial charge in [0.15, 0.2) is 0 Å². The van der Waals surface area contributed by atoms with E-state index in [1.165, 1.54) is 4.31 Å². The first-order chi connectivity index (χ1) is 11.5. The summed E-state index contributed by atoms with van der Waals surface area (Å²) >= 11 is 0. The number of sulfonamides is 1. The SMILES string of the molecule is Cc1cccc(S(=O)(=O)N2CCC(C#N)(c3ccccc3)CC2)c1. The summed E-state index contributed by atoms with van der Waals surface area (Å²) in [4.78, 5) is 0.326. The van der Waals surface area contributed by atoms with Crippen LogP contribution in [0.1, 0.15) is 24.0 Å². The van der Waals surface area contributed by atoms with Crippen molar-refractivity contribution in [2.24, 2.45) is 0 Å². The molecule has 2 aromatic carbocycles. The van der Waals surface area contributed by atoms with E-state index in [1.807, 2.05) is 43.3 Å². The van der Waals surface area contributed by atoms with E-state index in [1.54, 1.807) is 18.2 Å². The smallest absolute Gasteiger partial charge is 0.207 e. The minimum absolute atomic E-state index is 0.326. The van der Waals surface area contributed by atoms with Gasteiger partial charge in [-0.2, -0.15) is 9.57 Å². The lowest BCUT2D eigenvalue weighted by molar-refractivity contribution is 0.277. The number of piperidine rings is 1. The van der Waals surface area contributed by atoms with Crippen molar-refractivity contribution in [3.05, 3.63) is 65.7 Å². The first kappa shape index (κ1) is 16.7. The second-order valence-electron chi connectivity index (χ2n) is 6.28. The normalized spacial score (nSPS) is 18.0. The van der Waals surface area contributed by atoms with E-state index >= 15 is 0 Å². The van der Waals surface area contributed by atoms with Crippen LogP contribution in [0.25, 0.3) is 0 Å². The molecule has 1 aliphatic heterocycles. The number of benzene rings is 2. The molecule has 5 heteroatoms. The molecule has 2 aromatic rings. The van der Waals surface area contributed by atoms with Crippen molar-refractivity contribution in [1.82, 2.24) is 4.31 Å². The van der Waals surface area contributed by atoms with Gasteiger partial charge in [0.1, 0.15) is 0 Å². The highest BCUT2D eigenvalue weighted by molar-refractivity contribution is 7.89. The predicted molar refractivity (Wildman–Crippen MR) is 92.9 cm³/mol. The van der Waals surface area contributed by atoms with Gasteiger partial charge in [-0.1, -0.05) is 42.5 Å². The van der Waals surface area contributed by atoms with Crippen LogP contribution >= 0.6 is 0 Å². The Morgan fingerprint density at radius 2 is 1.71 bits per heavy atom. The molecule has 124 valence electrons. The minimum atomic E-state index is -3.50. The van der Waals surface area contributed by atoms with Crippen LogP contribution in [0.4, 0.5) is 0 Å². The van der Waals surface area contributed by atoms with E-state index in [0.717, 1.165) is 11.1 Å². The second-order valence-corrected chi connectivity index (χ2v) is 8.22. The van der Waals surface area contributed by atoms with Gasteiger partial charge in [-0.05, 0) is 43.0 Å². The molecule has 0 bridgehead atoms. The molecule has 1 aliphatic rings. The van der Waals surface area contributed by atoms with Gasteiger partial charge >= 0.3 is 0 Å². The summed E-state index contributed by atoms with van der Waals surface area (Å²) < 4.78 is 27.1. The van der Waals surface area contributed by atoms with Crippen molar-refractivity contribution in [1.29, 1.82) is 5.26 Å². The van der Waals surface area contributed by atoms with Crippen LogP contribution in [0.3, 0.4) is 0 Å². The Morgan fingerprint density at radius 3 is 2.29 bits per heavy atom. The summed E-state index contributed by atoms with van der Waals surface area (Å²) in [5, 5.41) is 9.72. The molecule has 0 N–H and O–H groups in total. The number of nitriles is 1. The monoisotopic (exact) mass is 340 g/mol. The standard InChI is InChI=1S/C19H20N2O2S/c1-16-6-5-9-18(14-16)24(22,23)21-12-10-19(15-20,11-13-21)17-7-3-2-4-8-17/h2-9,14H,10-13H2,1H3. The highest BCUT2D eigenvalue weighted by atomic mass is 32.2. The summed E-state index contributed by atoms with van der Waals surface area (Å²) in [6.07, 6.45) is 1.02. The average Bonchev–Trinajstić information content (AvgIpc) is 2.62. The number of hydrogen-bond acceptors (Lipinski definition) is 3. The molecule has 0 atom stereocenters. The van der Waals surface area contributed by atoms with E-state index < -0.39 is 15.4 Å². The molecule has 0 saturated carbocycles. The van der Waals surface area contributed by atoms with Crippen molar-refractivity contribution in [3.63, 3.8) is 0 Å². The maximum atomic E-state index is 12.8. The van der Waals surface area contributed by atoms with Gasteiger partial charge in [0, 0.05) is 13.1 Å². The Kier molecular flexibility index (Phi) is 4.44. The zero-order valence-electron chi connectivity index (χ0n) is 13.6. The quantitative estimate of drug-likeness (QED) is 0.862. The lowest BCUT2D eigenvalue weighted by Crippen LogP contribution is -2.44. The molecule has 1 fully saturated rings. The Bertz CT molecular complexity index is 862. The molecule has 0 spiro atoms. The van der Waals surface area contributed by atoms with E-state index in [2.05, 4.69) is 6.07 Å². The van der Waals surface area contributed by atoms with Gasteiger partial charge in [0.05, 0.1) is 16.4 Å². The summed E-state index contributed by atoms with van der Waals surface area (Å²) in [6.45, 7) is 2.60. The van der Waals surface area contributed by atoms with Crippen LogP contribution in [-0.4, -0.2) is 25.8 Å². The summed E-state index contributed by atoms with van der Waals surface area (Å²) in [5.41, 5.74) is 1.30. The lowest BCUT2D eigenvalue weighted by Gasteiger charge is -2.37. The fourth-order valence-electron chi connectivity index (χ4n) is 3.26. The van der Waals surface area contributed by atoms with Crippen LogP contribution in [-0.2, 0) is 15.4 Å². The van der Waals surface area contributed by atoms with E-state index in [0.29, 0.717) is 30.8 Å². The number of nitrogens with zero attached hydrogens (tertiary/aromatic N) is 2. The summed E-state index contributed by atoms with van der Waals surface area (Å²) in [7, 11) is -3.50. The Morgan fingerprint density at radius 1 is 1.04 bits per heavy atom. The molecule has 3 rings (SSSR count). The van der Waals surface area contributed by atoms with E-state index in [9.17, 15) is 13.7 Å². The Labute approximate surface area is 143 Å². The molecule has 0 unspecified atom stereocenters. The van der Waals surface area contributed by atoms with Gasteiger partial charge in [-0.3, -0.25) is 0 Å². The van der Waals surface area contributed by atoms with Crippen molar-refractivity contribution in [2.75, 3.05) is 13.1 Å². The second kappa shape index (κ2) is 6.39. The van der Waals surface area contributed by atoms with Gasteiger partial charge < -0.3 is 0 Å². The maximum Gasteiger partial charge on any atom is 0.243 e. The first-order valence-corrected chi connectivity index (χ1v) is 9.46. The predicted octanol–water partition coefficient (Wildman–Crippen LogP) is 3.24. The zero-order valence-corrected chi connectivity index (χ0v) is 14.5. The largest absolute Gasteiger partial charge is 0.243 e. The van der Waals surface area contributed by atoms with E-state index in [4.69, 9.17) is 0 Å². The van der Waals surface area contributed by atoms with Crippen molar-refractivity contribution in [3.8, 4) is 6.07 Å². The fourth-order valence-corrected chi connectivity index (χ4v) is 4.80. The number of aryl methyl sites for hydroxylation is 1. The fraction of sp³-hybridized carbons (Fsp3) is 0.316. The molecule has 1 saturated heterocycles. The third kappa shape index (κ3) is 2.95. The molecule has 1 heterocycles. The van der Waals surface area contributed by atoms with Gasteiger partial charge in [0.2, 0.25) is 10.0 Å². The van der Waals surface area contributed by atoms with Crippen molar-refractivity contribution in [2.45, 2.75) is 30.1 Å². The summed E-state index contributed by atoms with van der Waals surface area (Å²) in [6, 6.07) is 19.1. The van der Waals surface area contributed by atoms with Gasteiger partial charge in [-0.15, -0.1) is 0 Å². The number of hydrogen-bond donors (Lipinski definition) is 0. The topological polar surface area (TPSA) is 61.2 Å². The van der Waals surface area contributed by atoms with E-state index in [-0.39, 0.29) is 0 Å². The maximum absolute atomic E-state index is 12.8. The first-order valence-electron chi connectivity index (χ1n) is 8.02. The molecule has 0 aliphatic carbocycles. The molecular weight excluding hydrogens is 320 g/mol. The van der Waals surface area contributed by atoms with Crippen molar-refractivity contribution >= 4 is 10.0 Å². The molecular formula is C19H20N2O2S. The third-order valence-electron chi connectivity index (χ3n) is 4.74. The van der Waals surface area contributed by atoms with Crippen LogP contribution in [0, 0.1) is 18.3 Å². The van der Waals surface area contributed by atoms with Crippen LogP contribution in [0.2, 0.25) is 0 Å². The van der Waals surface area contributed by atoms with Gasteiger partial charge in [0.25, 0.3) is 0 Å². The average molecular weight is 340 g/mol. The number of rotatable bonds is 3. The summed E-state index contributed by atoms with van der Waals surface area (Å²) in [5.74, 6) is 0. The van der Waals surface area contributed by atoms with Crippen LogP contribution < -0.4 is 0 Å².